The van der Waals surface area contributed by atoms with Gasteiger partial charge in [0.15, 0.2) is 0 Å². The summed E-state index contributed by atoms with van der Waals surface area (Å²) in [5.41, 5.74) is 6.23. The van der Waals surface area contributed by atoms with Crippen LogP contribution in [-0.2, 0) is 9.53 Å². The Kier molecular flexibility index (Phi) is 5.33. The molecule has 0 heterocycles. The third-order valence-electron chi connectivity index (χ3n) is 2.03. The smallest absolute Gasteiger partial charge is 0.309 e. The number of rotatable bonds is 6. The Morgan fingerprint density at radius 2 is 1.94 bits per heavy atom. The molecule has 0 aliphatic carbocycles. The zero-order chi connectivity index (χ0) is 12.7. The van der Waals surface area contributed by atoms with Crippen LogP contribution in [-0.4, -0.2) is 19.2 Å². The van der Waals surface area contributed by atoms with Crippen LogP contribution in [0.5, 0.6) is 5.75 Å². The van der Waals surface area contributed by atoms with Crippen molar-refractivity contribution in [2.24, 2.45) is 5.92 Å². The van der Waals surface area contributed by atoms with Crippen molar-refractivity contribution in [3.63, 3.8) is 0 Å². The average Bonchev–Trinajstić information content (AvgIpc) is 2.29. The molecule has 0 saturated carbocycles. The first-order chi connectivity index (χ1) is 8.08. The van der Waals surface area contributed by atoms with E-state index in [2.05, 4.69) is 0 Å². The zero-order valence-electron chi connectivity index (χ0n) is 10.3. The van der Waals surface area contributed by atoms with E-state index in [1.54, 1.807) is 24.3 Å². The lowest BCUT2D eigenvalue weighted by Gasteiger charge is -2.08. The van der Waals surface area contributed by atoms with E-state index < -0.39 is 0 Å². The summed E-state index contributed by atoms with van der Waals surface area (Å²) in [6.45, 7) is 4.78. The molecule has 2 N–H and O–H groups in total. The first kappa shape index (κ1) is 13.4. The van der Waals surface area contributed by atoms with E-state index in [9.17, 15) is 4.79 Å². The van der Waals surface area contributed by atoms with Crippen LogP contribution in [0.2, 0.25) is 0 Å². The molecule has 0 saturated heterocycles. The number of nitrogens with two attached hydrogens (primary N) is 1. The van der Waals surface area contributed by atoms with Crippen molar-refractivity contribution < 1.29 is 14.3 Å². The third-order valence-corrected chi connectivity index (χ3v) is 2.03. The second kappa shape index (κ2) is 6.78. The largest absolute Gasteiger partial charge is 0.493 e. The lowest BCUT2D eigenvalue weighted by atomic mass is 10.2. The number of ether oxygens (including phenoxy) is 2. The SMILES string of the molecule is CC(C)COC(=O)CCOc1ccc(N)cc1. The number of esters is 1. The van der Waals surface area contributed by atoms with Gasteiger partial charge in [0.05, 0.1) is 19.6 Å². The van der Waals surface area contributed by atoms with E-state index in [-0.39, 0.29) is 12.4 Å². The van der Waals surface area contributed by atoms with Gasteiger partial charge in [0, 0.05) is 5.69 Å². The van der Waals surface area contributed by atoms with E-state index in [4.69, 9.17) is 15.2 Å². The molecule has 4 nitrogen and oxygen atoms in total. The van der Waals surface area contributed by atoms with Gasteiger partial charge in [0.2, 0.25) is 0 Å². The fourth-order valence-electron chi connectivity index (χ4n) is 1.15. The van der Waals surface area contributed by atoms with Gasteiger partial charge in [-0.1, -0.05) is 13.8 Å². The van der Waals surface area contributed by atoms with Gasteiger partial charge in [-0.2, -0.15) is 0 Å². The molecule has 0 bridgehead atoms. The van der Waals surface area contributed by atoms with Gasteiger partial charge in [-0.05, 0) is 30.2 Å². The molecule has 4 heteroatoms. The molecule has 0 spiro atoms. The molecule has 94 valence electrons. The summed E-state index contributed by atoms with van der Waals surface area (Å²) in [6, 6.07) is 7.06. The van der Waals surface area contributed by atoms with Gasteiger partial charge >= 0.3 is 5.97 Å². The quantitative estimate of drug-likeness (QED) is 0.609. The topological polar surface area (TPSA) is 61.5 Å². The molecule has 17 heavy (non-hydrogen) atoms. The van der Waals surface area contributed by atoms with Crippen LogP contribution in [0, 0.1) is 5.92 Å². The van der Waals surface area contributed by atoms with Gasteiger partial charge in [0.1, 0.15) is 5.75 Å². The average molecular weight is 237 g/mol. The van der Waals surface area contributed by atoms with Crippen molar-refractivity contribution in [3.05, 3.63) is 24.3 Å². The highest BCUT2D eigenvalue weighted by Gasteiger charge is 2.04. The number of anilines is 1. The maximum absolute atomic E-state index is 11.3. The fourth-order valence-corrected chi connectivity index (χ4v) is 1.15. The van der Waals surface area contributed by atoms with E-state index in [0.29, 0.717) is 30.6 Å². The van der Waals surface area contributed by atoms with Crippen molar-refractivity contribution in [1.82, 2.24) is 0 Å². The Labute approximate surface area is 102 Å². The molecule has 0 radical (unpaired) electrons. The molecule has 0 unspecified atom stereocenters. The molecule has 0 fully saturated rings. The monoisotopic (exact) mass is 237 g/mol. The van der Waals surface area contributed by atoms with E-state index in [1.807, 2.05) is 13.8 Å². The molecular formula is C13H19NO3. The Bertz CT molecular complexity index is 346. The van der Waals surface area contributed by atoms with Gasteiger partial charge in [-0.15, -0.1) is 0 Å². The highest BCUT2D eigenvalue weighted by Crippen LogP contribution is 2.13. The van der Waals surface area contributed by atoms with Crippen LogP contribution in [0.1, 0.15) is 20.3 Å². The highest BCUT2D eigenvalue weighted by atomic mass is 16.5. The van der Waals surface area contributed by atoms with Crippen LogP contribution in [0.4, 0.5) is 5.69 Å². The van der Waals surface area contributed by atoms with E-state index in [0.717, 1.165) is 0 Å². The summed E-state index contributed by atoms with van der Waals surface area (Å²) in [6.07, 6.45) is 0.261. The van der Waals surface area contributed by atoms with Gasteiger partial charge < -0.3 is 15.2 Å². The third kappa shape index (κ3) is 5.80. The van der Waals surface area contributed by atoms with Gasteiger partial charge in [-0.3, -0.25) is 4.79 Å². The van der Waals surface area contributed by atoms with Crippen molar-refractivity contribution in [2.45, 2.75) is 20.3 Å². The van der Waals surface area contributed by atoms with Crippen LogP contribution >= 0.6 is 0 Å². The second-order valence-corrected chi connectivity index (χ2v) is 4.24. The van der Waals surface area contributed by atoms with Crippen molar-refractivity contribution in [2.75, 3.05) is 18.9 Å². The summed E-state index contributed by atoms with van der Waals surface area (Å²) in [7, 11) is 0. The van der Waals surface area contributed by atoms with Crippen LogP contribution in [0.3, 0.4) is 0 Å². The summed E-state index contributed by atoms with van der Waals surface area (Å²) in [5.74, 6) is 0.835. The van der Waals surface area contributed by atoms with E-state index in [1.165, 1.54) is 0 Å². The normalized spacial score (nSPS) is 10.3. The Hall–Kier alpha value is -1.71. The molecular weight excluding hydrogens is 218 g/mol. The van der Waals surface area contributed by atoms with Crippen LogP contribution < -0.4 is 10.5 Å². The Morgan fingerprint density at radius 1 is 1.29 bits per heavy atom. The summed E-state index contributed by atoms with van der Waals surface area (Å²) < 4.78 is 10.4. The molecule has 0 atom stereocenters. The summed E-state index contributed by atoms with van der Waals surface area (Å²) >= 11 is 0. The lowest BCUT2D eigenvalue weighted by molar-refractivity contribution is -0.145. The number of hydrogen-bond donors (Lipinski definition) is 1. The number of carbonyl (C=O) groups excluding carboxylic acids is 1. The standard InChI is InChI=1S/C13H19NO3/c1-10(2)9-17-13(15)7-8-16-12-5-3-11(14)4-6-12/h3-6,10H,7-9,14H2,1-2H3. The predicted molar refractivity (Wildman–Crippen MR) is 66.8 cm³/mol. The van der Waals surface area contributed by atoms with Crippen LogP contribution in [0.25, 0.3) is 0 Å². The predicted octanol–water partition coefficient (Wildman–Crippen LogP) is 2.24. The van der Waals surface area contributed by atoms with Crippen LogP contribution in [0.15, 0.2) is 24.3 Å². The number of nitrogen functional groups attached to an aromatic ring is 1. The maximum Gasteiger partial charge on any atom is 0.309 e. The molecule has 0 aromatic heterocycles. The number of carbonyl (C=O) groups is 1. The Balaban J connectivity index is 2.19. The zero-order valence-corrected chi connectivity index (χ0v) is 10.3. The molecule has 1 aromatic rings. The van der Waals surface area contributed by atoms with Gasteiger partial charge in [-0.25, -0.2) is 0 Å². The summed E-state index contributed by atoms with van der Waals surface area (Å²) in [5, 5.41) is 0. The molecule has 1 rings (SSSR count). The first-order valence-electron chi connectivity index (χ1n) is 5.72. The number of hydrogen-bond acceptors (Lipinski definition) is 4. The second-order valence-electron chi connectivity index (χ2n) is 4.24. The molecule has 0 aliphatic rings. The minimum atomic E-state index is -0.228. The molecule has 0 amide bonds. The van der Waals surface area contributed by atoms with Crippen molar-refractivity contribution in [1.29, 1.82) is 0 Å². The number of benzene rings is 1. The fraction of sp³-hybridized carbons (Fsp3) is 0.462. The Morgan fingerprint density at radius 3 is 2.53 bits per heavy atom. The highest BCUT2D eigenvalue weighted by molar-refractivity contribution is 5.69. The van der Waals surface area contributed by atoms with E-state index >= 15 is 0 Å². The molecule has 0 aliphatic heterocycles. The van der Waals surface area contributed by atoms with Crippen molar-refractivity contribution in [3.8, 4) is 5.75 Å². The minimum absolute atomic E-state index is 0.228. The lowest BCUT2D eigenvalue weighted by Crippen LogP contribution is -2.13. The van der Waals surface area contributed by atoms with Gasteiger partial charge in [0.25, 0.3) is 0 Å². The minimum Gasteiger partial charge on any atom is -0.493 e. The first-order valence-corrected chi connectivity index (χ1v) is 5.72. The maximum atomic E-state index is 11.3. The summed E-state index contributed by atoms with van der Waals surface area (Å²) in [4.78, 5) is 11.3. The van der Waals surface area contributed by atoms with Crippen molar-refractivity contribution >= 4 is 11.7 Å². The molecule has 1 aromatic carbocycles.